The summed E-state index contributed by atoms with van der Waals surface area (Å²) in [5, 5.41) is 0. The maximum atomic E-state index is 4.54. The maximum absolute atomic E-state index is 4.54. The molecule has 88 valence electrons. The van der Waals surface area contributed by atoms with Crippen LogP contribution in [0, 0.1) is 0 Å². The predicted octanol–water partition coefficient (Wildman–Crippen LogP) is 3.27. The van der Waals surface area contributed by atoms with E-state index in [9.17, 15) is 0 Å². The number of unbranched alkanes of at least 4 members (excludes halogenated alkanes) is 2. The zero-order valence-corrected chi connectivity index (χ0v) is 10.1. The summed E-state index contributed by atoms with van der Waals surface area (Å²) in [7, 11) is 0. The third-order valence-corrected chi connectivity index (χ3v) is 2.64. The Morgan fingerprint density at radius 3 is 2.65 bits per heavy atom. The topological polar surface area (TPSA) is 38.7 Å². The van der Waals surface area contributed by atoms with E-state index in [0.29, 0.717) is 0 Å². The fraction of sp³-hybridized carbons (Fsp3) is 0.357. The van der Waals surface area contributed by atoms with Crippen molar-refractivity contribution in [2.75, 3.05) is 0 Å². The highest BCUT2D eigenvalue weighted by Crippen LogP contribution is 2.13. The average molecular weight is 227 g/mol. The van der Waals surface area contributed by atoms with Gasteiger partial charge in [-0.2, -0.15) is 0 Å². The van der Waals surface area contributed by atoms with Crippen LogP contribution >= 0.6 is 0 Å². The molecule has 0 bridgehead atoms. The van der Waals surface area contributed by atoms with Gasteiger partial charge in [-0.1, -0.05) is 25.8 Å². The number of hydrogen-bond donors (Lipinski definition) is 0. The predicted molar refractivity (Wildman–Crippen MR) is 68.5 cm³/mol. The molecule has 0 unspecified atom stereocenters. The Hall–Kier alpha value is -1.77. The normalized spacial score (nSPS) is 10.4. The maximum Gasteiger partial charge on any atom is 0.129 e. The van der Waals surface area contributed by atoms with Crippen molar-refractivity contribution < 1.29 is 0 Å². The lowest BCUT2D eigenvalue weighted by molar-refractivity contribution is 0.694. The van der Waals surface area contributed by atoms with Crippen molar-refractivity contribution in [2.24, 2.45) is 0 Å². The molecule has 3 heteroatoms. The van der Waals surface area contributed by atoms with Gasteiger partial charge < -0.3 is 0 Å². The molecule has 2 aromatic heterocycles. The van der Waals surface area contributed by atoms with Crippen molar-refractivity contribution in [3.63, 3.8) is 0 Å². The van der Waals surface area contributed by atoms with Gasteiger partial charge >= 0.3 is 0 Å². The van der Waals surface area contributed by atoms with Crippen molar-refractivity contribution in [3.05, 3.63) is 42.5 Å². The van der Waals surface area contributed by atoms with Gasteiger partial charge in [0.2, 0.25) is 0 Å². The third kappa shape index (κ3) is 3.34. The van der Waals surface area contributed by atoms with Gasteiger partial charge in [0.1, 0.15) is 5.82 Å². The van der Waals surface area contributed by atoms with E-state index in [2.05, 4.69) is 21.9 Å². The monoisotopic (exact) mass is 227 g/mol. The minimum Gasteiger partial charge on any atom is -0.255 e. The lowest BCUT2D eigenvalue weighted by atomic mass is 10.2. The first-order valence-corrected chi connectivity index (χ1v) is 6.13. The fourth-order valence-corrected chi connectivity index (χ4v) is 1.71. The highest BCUT2D eigenvalue weighted by Gasteiger charge is 2.02. The molecule has 0 saturated carbocycles. The second-order valence-corrected chi connectivity index (χ2v) is 4.03. The first kappa shape index (κ1) is 11.7. The quantitative estimate of drug-likeness (QED) is 0.736. The van der Waals surface area contributed by atoms with Gasteiger partial charge in [0, 0.05) is 18.8 Å². The molecule has 0 spiro atoms. The van der Waals surface area contributed by atoms with Gasteiger partial charge in [-0.05, 0) is 24.6 Å². The van der Waals surface area contributed by atoms with Gasteiger partial charge in [-0.25, -0.2) is 9.97 Å². The summed E-state index contributed by atoms with van der Waals surface area (Å²) in [4.78, 5) is 13.1. The second kappa shape index (κ2) is 6.09. The van der Waals surface area contributed by atoms with Crippen molar-refractivity contribution in [3.8, 4) is 11.4 Å². The molecule has 0 aromatic carbocycles. The van der Waals surface area contributed by atoms with E-state index >= 15 is 0 Å². The van der Waals surface area contributed by atoms with Gasteiger partial charge in [-0.15, -0.1) is 0 Å². The lowest BCUT2D eigenvalue weighted by Crippen LogP contribution is -1.97. The highest BCUT2D eigenvalue weighted by molar-refractivity contribution is 5.52. The van der Waals surface area contributed by atoms with Crippen LogP contribution in [0.2, 0.25) is 0 Å². The number of rotatable bonds is 5. The molecule has 3 nitrogen and oxygen atoms in total. The minimum atomic E-state index is 0.909. The first-order valence-electron chi connectivity index (χ1n) is 6.13. The Labute approximate surface area is 102 Å². The Morgan fingerprint density at radius 2 is 1.88 bits per heavy atom. The smallest absolute Gasteiger partial charge is 0.129 e. The Morgan fingerprint density at radius 1 is 0.941 bits per heavy atom. The van der Waals surface area contributed by atoms with Gasteiger partial charge in [0.05, 0.1) is 11.4 Å². The summed E-state index contributed by atoms with van der Waals surface area (Å²) in [5.74, 6) is 0.918. The Kier molecular flexibility index (Phi) is 4.19. The Bertz CT molecular complexity index is 454. The molecule has 0 amide bonds. The number of nitrogens with zero attached hydrogens (tertiary/aromatic N) is 3. The summed E-state index contributed by atoms with van der Waals surface area (Å²) in [6.45, 7) is 2.20. The number of aryl methyl sites for hydroxylation is 1. The molecule has 0 N–H and O–H groups in total. The van der Waals surface area contributed by atoms with E-state index in [1.54, 1.807) is 6.20 Å². The summed E-state index contributed by atoms with van der Waals surface area (Å²) < 4.78 is 0. The number of aromatic nitrogens is 3. The number of pyridine rings is 1. The molecule has 0 saturated heterocycles. The van der Waals surface area contributed by atoms with Crippen LogP contribution in [0.3, 0.4) is 0 Å². The first-order chi connectivity index (χ1) is 8.40. The molecule has 0 aliphatic carbocycles. The van der Waals surface area contributed by atoms with Crippen LogP contribution in [-0.2, 0) is 6.42 Å². The zero-order valence-electron chi connectivity index (χ0n) is 10.1. The van der Waals surface area contributed by atoms with E-state index in [4.69, 9.17) is 0 Å². The van der Waals surface area contributed by atoms with Gasteiger partial charge in [0.25, 0.3) is 0 Å². The van der Waals surface area contributed by atoms with Crippen LogP contribution in [0.4, 0.5) is 0 Å². The molecule has 2 rings (SSSR count). The molecule has 17 heavy (non-hydrogen) atoms. The second-order valence-electron chi connectivity index (χ2n) is 4.03. The van der Waals surface area contributed by atoms with Crippen molar-refractivity contribution in [2.45, 2.75) is 32.6 Å². The molecule has 2 heterocycles. The molecule has 0 atom stereocenters. The van der Waals surface area contributed by atoms with Crippen molar-refractivity contribution in [1.82, 2.24) is 15.0 Å². The average Bonchev–Trinajstić information content (AvgIpc) is 2.41. The lowest BCUT2D eigenvalue weighted by Gasteiger charge is -2.02. The zero-order chi connectivity index (χ0) is 11.9. The molecule has 0 fully saturated rings. The van der Waals surface area contributed by atoms with Crippen molar-refractivity contribution >= 4 is 0 Å². The minimum absolute atomic E-state index is 0.909. The summed E-state index contributed by atoms with van der Waals surface area (Å²) in [5.41, 5.74) is 1.82. The molecular formula is C14H17N3. The SMILES string of the molecule is CCCCCc1nccc(-c2ccccn2)n1. The van der Waals surface area contributed by atoms with E-state index in [1.165, 1.54) is 12.8 Å². The van der Waals surface area contributed by atoms with E-state index in [1.807, 2.05) is 30.5 Å². The largest absolute Gasteiger partial charge is 0.255 e. The van der Waals surface area contributed by atoms with Crippen molar-refractivity contribution in [1.29, 1.82) is 0 Å². The summed E-state index contributed by atoms with van der Waals surface area (Å²) >= 11 is 0. The van der Waals surface area contributed by atoms with E-state index < -0.39 is 0 Å². The summed E-state index contributed by atoms with van der Waals surface area (Å²) in [6, 6.07) is 7.76. The third-order valence-electron chi connectivity index (χ3n) is 2.64. The van der Waals surface area contributed by atoms with E-state index in [-0.39, 0.29) is 0 Å². The van der Waals surface area contributed by atoms with Crippen LogP contribution in [-0.4, -0.2) is 15.0 Å². The Balaban J connectivity index is 2.12. The molecule has 2 aromatic rings. The molecule has 0 aliphatic rings. The van der Waals surface area contributed by atoms with Crippen LogP contribution in [0.1, 0.15) is 32.0 Å². The van der Waals surface area contributed by atoms with Crippen LogP contribution in [0.25, 0.3) is 11.4 Å². The van der Waals surface area contributed by atoms with E-state index in [0.717, 1.165) is 30.1 Å². The fourth-order valence-electron chi connectivity index (χ4n) is 1.71. The molecule has 0 radical (unpaired) electrons. The standard InChI is InChI=1S/C14H17N3/c1-2-3-4-8-14-16-11-9-13(17-14)12-7-5-6-10-15-12/h5-7,9-11H,2-4,8H2,1H3. The summed E-state index contributed by atoms with van der Waals surface area (Å²) in [6.07, 6.45) is 8.17. The molecule has 0 aliphatic heterocycles. The van der Waals surface area contributed by atoms with Crippen LogP contribution < -0.4 is 0 Å². The number of hydrogen-bond acceptors (Lipinski definition) is 3. The highest BCUT2D eigenvalue weighted by atomic mass is 14.9. The molecular weight excluding hydrogens is 210 g/mol. The van der Waals surface area contributed by atoms with Gasteiger partial charge in [-0.3, -0.25) is 4.98 Å². The van der Waals surface area contributed by atoms with Crippen LogP contribution in [0.15, 0.2) is 36.7 Å². The van der Waals surface area contributed by atoms with Crippen LogP contribution in [0.5, 0.6) is 0 Å². The van der Waals surface area contributed by atoms with Gasteiger partial charge in [0.15, 0.2) is 0 Å².